The SMILES string of the molecule is OC1CC2=CC[C@H](C1)C21OCCO1. The molecule has 0 radical (unpaired) electrons. The smallest absolute Gasteiger partial charge is 0.194 e. The Morgan fingerprint density at radius 3 is 2.85 bits per heavy atom. The quantitative estimate of drug-likeness (QED) is 0.564. The third kappa shape index (κ3) is 0.951. The first-order chi connectivity index (χ1) is 6.31. The molecule has 3 nitrogen and oxygen atoms in total. The fourth-order valence-electron chi connectivity index (χ4n) is 2.84. The molecule has 1 unspecified atom stereocenters. The summed E-state index contributed by atoms with van der Waals surface area (Å²) in [7, 11) is 0. The van der Waals surface area contributed by atoms with Crippen LogP contribution in [0.5, 0.6) is 0 Å². The Hall–Kier alpha value is -0.380. The van der Waals surface area contributed by atoms with Gasteiger partial charge in [-0.1, -0.05) is 6.08 Å². The number of hydrogen-bond donors (Lipinski definition) is 1. The molecule has 2 aliphatic carbocycles. The first kappa shape index (κ1) is 7.97. The van der Waals surface area contributed by atoms with Gasteiger partial charge in [0.15, 0.2) is 5.79 Å². The van der Waals surface area contributed by atoms with Gasteiger partial charge in [0.1, 0.15) is 0 Å². The van der Waals surface area contributed by atoms with Gasteiger partial charge in [0.2, 0.25) is 0 Å². The molecule has 1 N–H and O–H groups in total. The number of aliphatic hydroxyl groups is 1. The summed E-state index contributed by atoms with van der Waals surface area (Å²) in [4.78, 5) is 0. The predicted octanol–water partition coefficient (Wildman–Crippen LogP) is 0.831. The molecule has 0 amide bonds. The van der Waals surface area contributed by atoms with Gasteiger partial charge in [-0.2, -0.15) is 0 Å². The Morgan fingerprint density at radius 2 is 2.15 bits per heavy atom. The van der Waals surface area contributed by atoms with Gasteiger partial charge in [-0.15, -0.1) is 0 Å². The zero-order valence-corrected chi connectivity index (χ0v) is 7.53. The normalized spacial score (nSPS) is 41.2. The third-order valence-electron chi connectivity index (χ3n) is 3.36. The lowest BCUT2D eigenvalue weighted by molar-refractivity contribution is -0.178. The molecule has 0 aromatic rings. The maximum atomic E-state index is 9.58. The van der Waals surface area contributed by atoms with Gasteiger partial charge < -0.3 is 14.6 Å². The van der Waals surface area contributed by atoms with Crippen LogP contribution in [-0.4, -0.2) is 30.2 Å². The summed E-state index contributed by atoms with van der Waals surface area (Å²) in [5, 5.41) is 9.58. The second kappa shape index (κ2) is 2.56. The average molecular weight is 182 g/mol. The number of aliphatic hydroxyl groups excluding tert-OH is 1. The molecule has 72 valence electrons. The Morgan fingerprint density at radius 1 is 1.38 bits per heavy atom. The van der Waals surface area contributed by atoms with E-state index in [-0.39, 0.29) is 6.10 Å². The lowest BCUT2D eigenvalue weighted by Gasteiger charge is -2.38. The predicted molar refractivity (Wildman–Crippen MR) is 46.1 cm³/mol. The monoisotopic (exact) mass is 182 g/mol. The number of ether oxygens (including phenoxy) is 2. The van der Waals surface area contributed by atoms with E-state index >= 15 is 0 Å². The van der Waals surface area contributed by atoms with Crippen LogP contribution in [0.25, 0.3) is 0 Å². The van der Waals surface area contributed by atoms with Crippen LogP contribution in [0.4, 0.5) is 0 Å². The molecule has 1 heterocycles. The molecule has 13 heavy (non-hydrogen) atoms. The second-order valence-electron chi connectivity index (χ2n) is 4.12. The number of rotatable bonds is 0. The molecule has 2 bridgehead atoms. The molecule has 1 saturated carbocycles. The second-order valence-corrected chi connectivity index (χ2v) is 4.12. The van der Waals surface area contributed by atoms with Crippen molar-refractivity contribution in [1.29, 1.82) is 0 Å². The molecule has 2 atom stereocenters. The zero-order valence-electron chi connectivity index (χ0n) is 7.53. The van der Waals surface area contributed by atoms with E-state index in [1.807, 2.05) is 0 Å². The van der Waals surface area contributed by atoms with Crippen molar-refractivity contribution in [2.24, 2.45) is 5.92 Å². The van der Waals surface area contributed by atoms with Crippen molar-refractivity contribution in [3.63, 3.8) is 0 Å². The van der Waals surface area contributed by atoms with Crippen LogP contribution in [0.2, 0.25) is 0 Å². The van der Waals surface area contributed by atoms with Crippen LogP contribution in [0.3, 0.4) is 0 Å². The molecule has 3 heteroatoms. The molecular formula is C10H14O3. The minimum absolute atomic E-state index is 0.183. The summed E-state index contributed by atoms with van der Waals surface area (Å²) in [5.74, 6) is -0.0621. The molecule has 0 aromatic heterocycles. The van der Waals surface area contributed by atoms with Gasteiger partial charge in [-0.3, -0.25) is 0 Å². The molecule has 1 saturated heterocycles. The van der Waals surface area contributed by atoms with E-state index in [9.17, 15) is 5.11 Å². The van der Waals surface area contributed by atoms with Crippen LogP contribution in [0, 0.1) is 5.92 Å². The van der Waals surface area contributed by atoms with E-state index in [1.54, 1.807) is 0 Å². The van der Waals surface area contributed by atoms with Crippen LogP contribution >= 0.6 is 0 Å². The summed E-state index contributed by atoms with van der Waals surface area (Å²) >= 11 is 0. The van der Waals surface area contributed by atoms with Crippen molar-refractivity contribution >= 4 is 0 Å². The summed E-state index contributed by atoms with van der Waals surface area (Å²) in [5.41, 5.74) is 1.17. The number of hydrogen-bond acceptors (Lipinski definition) is 3. The van der Waals surface area contributed by atoms with E-state index in [4.69, 9.17) is 9.47 Å². The van der Waals surface area contributed by atoms with E-state index in [2.05, 4.69) is 6.08 Å². The van der Waals surface area contributed by atoms with Gasteiger partial charge in [-0.25, -0.2) is 0 Å². The van der Waals surface area contributed by atoms with Crippen LogP contribution in [0.15, 0.2) is 11.6 Å². The Labute approximate surface area is 77.3 Å². The molecule has 3 aliphatic rings. The number of allylic oxidation sites excluding steroid dienone is 1. The van der Waals surface area contributed by atoms with E-state index in [0.717, 1.165) is 19.3 Å². The average Bonchev–Trinajstić information content (AvgIpc) is 2.63. The van der Waals surface area contributed by atoms with E-state index in [0.29, 0.717) is 19.1 Å². The van der Waals surface area contributed by atoms with Gasteiger partial charge >= 0.3 is 0 Å². The first-order valence-electron chi connectivity index (χ1n) is 4.97. The Kier molecular flexibility index (Phi) is 1.57. The minimum atomic E-state index is -0.417. The van der Waals surface area contributed by atoms with Crippen LogP contribution < -0.4 is 0 Å². The maximum absolute atomic E-state index is 9.58. The Balaban J connectivity index is 1.95. The molecule has 2 fully saturated rings. The van der Waals surface area contributed by atoms with Gasteiger partial charge in [-0.05, 0) is 24.8 Å². The molecule has 1 spiro atoms. The zero-order chi connectivity index (χ0) is 8.89. The van der Waals surface area contributed by atoms with Crippen LogP contribution in [0.1, 0.15) is 19.3 Å². The molecular weight excluding hydrogens is 168 g/mol. The van der Waals surface area contributed by atoms with Crippen molar-refractivity contribution in [2.75, 3.05) is 13.2 Å². The van der Waals surface area contributed by atoms with E-state index in [1.165, 1.54) is 5.57 Å². The summed E-state index contributed by atoms with van der Waals surface area (Å²) in [6.07, 6.45) is 4.56. The fraction of sp³-hybridized carbons (Fsp3) is 0.800. The van der Waals surface area contributed by atoms with Crippen LogP contribution in [-0.2, 0) is 9.47 Å². The lowest BCUT2D eigenvalue weighted by atomic mass is 9.83. The minimum Gasteiger partial charge on any atom is -0.393 e. The van der Waals surface area contributed by atoms with Gasteiger partial charge in [0.05, 0.1) is 19.3 Å². The lowest BCUT2D eigenvalue weighted by Crippen LogP contribution is -2.44. The highest BCUT2D eigenvalue weighted by Crippen LogP contribution is 2.50. The fourth-order valence-corrected chi connectivity index (χ4v) is 2.84. The topological polar surface area (TPSA) is 38.7 Å². The largest absolute Gasteiger partial charge is 0.393 e. The van der Waals surface area contributed by atoms with Crippen molar-refractivity contribution in [3.05, 3.63) is 11.6 Å². The van der Waals surface area contributed by atoms with Crippen molar-refractivity contribution in [2.45, 2.75) is 31.2 Å². The maximum Gasteiger partial charge on any atom is 0.194 e. The van der Waals surface area contributed by atoms with Gasteiger partial charge in [0.25, 0.3) is 0 Å². The van der Waals surface area contributed by atoms with Crippen molar-refractivity contribution < 1.29 is 14.6 Å². The highest BCUT2D eigenvalue weighted by molar-refractivity contribution is 5.27. The Bertz CT molecular complexity index is 253. The molecule has 0 aromatic carbocycles. The standard InChI is InChI=1S/C10H14O3/c11-9-5-7-1-2-8(6-9)10(7)12-3-4-13-10/h1,8-9,11H,2-6H2/t8-,9?/m1/s1. The highest BCUT2D eigenvalue weighted by Gasteiger charge is 2.53. The van der Waals surface area contributed by atoms with E-state index < -0.39 is 5.79 Å². The summed E-state index contributed by atoms with van der Waals surface area (Å²) in [6, 6.07) is 0. The first-order valence-corrected chi connectivity index (χ1v) is 4.97. The molecule has 1 aliphatic heterocycles. The summed E-state index contributed by atoms with van der Waals surface area (Å²) in [6.45, 7) is 1.40. The van der Waals surface area contributed by atoms with Crippen molar-refractivity contribution in [1.82, 2.24) is 0 Å². The third-order valence-corrected chi connectivity index (χ3v) is 3.36. The van der Waals surface area contributed by atoms with Crippen molar-refractivity contribution in [3.8, 4) is 0 Å². The molecule has 3 rings (SSSR count). The van der Waals surface area contributed by atoms with Gasteiger partial charge in [0, 0.05) is 5.92 Å². The highest BCUT2D eigenvalue weighted by atomic mass is 16.7. The summed E-state index contributed by atoms with van der Waals surface area (Å²) < 4.78 is 11.4.